The maximum atomic E-state index is 12.1. The molecule has 7 heteroatoms. The molecule has 0 saturated heterocycles. The molecule has 2 N–H and O–H groups in total. The largest absolute Gasteiger partial charge is 0.494 e. The van der Waals surface area contributed by atoms with Gasteiger partial charge < -0.3 is 24.3 Å². The number of carboxylic acid groups (broad SMARTS) is 1. The Balaban J connectivity index is 1.05. The van der Waals surface area contributed by atoms with Gasteiger partial charge in [0.25, 0.3) is 5.91 Å². The minimum atomic E-state index is -0.932. The third kappa shape index (κ3) is 7.33. The molecule has 7 nitrogen and oxygen atoms in total. The lowest BCUT2D eigenvalue weighted by atomic mass is 10.0. The molecule has 1 aromatic heterocycles. The predicted molar refractivity (Wildman–Crippen MR) is 158 cm³/mol. The highest BCUT2D eigenvalue weighted by Crippen LogP contribution is 2.25. The number of furan rings is 1. The summed E-state index contributed by atoms with van der Waals surface area (Å²) in [4.78, 5) is 23.2. The Hall–Kier alpha value is -5.04. The average molecular weight is 550 g/mol. The van der Waals surface area contributed by atoms with Crippen molar-refractivity contribution >= 4 is 22.6 Å². The molecule has 0 aliphatic rings. The molecule has 4 aromatic carbocycles. The van der Waals surface area contributed by atoms with Gasteiger partial charge in [0.05, 0.1) is 25.0 Å². The number of fused-ring (bicyclic) bond motifs is 1. The highest BCUT2D eigenvalue weighted by Gasteiger charge is 2.09. The van der Waals surface area contributed by atoms with Crippen LogP contribution in [0.5, 0.6) is 11.5 Å². The number of hydrogen-bond acceptors (Lipinski definition) is 5. The van der Waals surface area contributed by atoms with E-state index in [0.29, 0.717) is 31.9 Å². The zero-order valence-electron chi connectivity index (χ0n) is 22.5. The van der Waals surface area contributed by atoms with Crippen LogP contribution in [0.25, 0.3) is 21.9 Å². The quantitative estimate of drug-likeness (QED) is 0.153. The van der Waals surface area contributed by atoms with Crippen molar-refractivity contribution in [3.05, 3.63) is 120 Å². The van der Waals surface area contributed by atoms with Crippen LogP contribution in [-0.4, -0.2) is 36.7 Å². The van der Waals surface area contributed by atoms with Crippen LogP contribution in [0.15, 0.2) is 108 Å². The molecular formula is C34H31NO6. The summed E-state index contributed by atoms with van der Waals surface area (Å²) in [5.74, 6) is 0.767. The minimum absolute atomic E-state index is 0.218. The summed E-state index contributed by atoms with van der Waals surface area (Å²) in [6.07, 6.45) is 3.89. The lowest BCUT2D eigenvalue weighted by Gasteiger charge is -2.11. The van der Waals surface area contributed by atoms with E-state index in [9.17, 15) is 9.59 Å². The van der Waals surface area contributed by atoms with Crippen molar-refractivity contribution in [2.24, 2.45) is 0 Å². The standard InChI is InChI=1S/C34H31NO6/c36-33(32-7-4-22-41-32)35-19-18-27-6-3-5-26-14-17-30(23-31(26)27)40-21-2-1-20-39-29-15-12-25(13-16-29)24-8-10-28(11-9-24)34(37)38/h3-17,22-23H,1-2,18-21H2,(H,35,36)(H,37,38). The van der Waals surface area contributed by atoms with E-state index in [4.69, 9.17) is 19.0 Å². The number of amides is 1. The van der Waals surface area contributed by atoms with Crippen molar-refractivity contribution in [2.75, 3.05) is 19.8 Å². The van der Waals surface area contributed by atoms with Gasteiger partial charge >= 0.3 is 5.97 Å². The summed E-state index contributed by atoms with van der Waals surface area (Å²) in [5.41, 5.74) is 3.37. The van der Waals surface area contributed by atoms with Gasteiger partial charge in [-0.1, -0.05) is 48.5 Å². The maximum absolute atomic E-state index is 12.1. The van der Waals surface area contributed by atoms with Gasteiger partial charge in [0.15, 0.2) is 5.76 Å². The average Bonchev–Trinajstić information content (AvgIpc) is 3.55. The number of unbranched alkanes of at least 4 members (excludes halogenated alkanes) is 1. The summed E-state index contributed by atoms with van der Waals surface area (Å²) in [5, 5.41) is 14.2. The van der Waals surface area contributed by atoms with Gasteiger partial charge in [0.1, 0.15) is 11.5 Å². The van der Waals surface area contributed by atoms with E-state index in [1.165, 1.54) is 6.26 Å². The highest BCUT2D eigenvalue weighted by molar-refractivity contribution is 5.91. The van der Waals surface area contributed by atoms with Crippen LogP contribution in [0.4, 0.5) is 0 Å². The topological polar surface area (TPSA) is 98.0 Å². The number of carbonyl (C=O) groups excluding carboxylic acids is 1. The normalized spacial score (nSPS) is 10.8. The van der Waals surface area contributed by atoms with Gasteiger partial charge in [0, 0.05) is 6.54 Å². The van der Waals surface area contributed by atoms with E-state index in [1.807, 2.05) is 36.4 Å². The number of carbonyl (C=O) groups is 2. The van der Waals surface area contributed by atoms with Gasteiger partial charge in [-0.2, -0.15) is 0 Å². The lowest BCUT2D eigenvalue weighted by molar-refractivity contribution is 0.0696. The first kappa shape index (κ1) is 27.5. The molecule has 5 aromatic rings. The van der Waals surface area contributed by atoms with E-state index in [0.717, 1.165) is 51.8 Å². The Morgan fingerprint density at radius 3 is 2.12 bits per heavy atom. The van der Waals surface area contributed by atoms with Gasteiger partial charge in [-0.15, -0.1) is 0 Å². The Labute approximate surface area is 238 Å². The summed E-state index contributed by atoms with van der Waals surface area (Å²) in [6, 6.07) is 30.2. The van der Waals surface area contributed by atoms with Crippen molar-refractivity contribution < 1.29 is 28.6 Å². The van der Waals surface area contributed by atoms with Crippen LogP contribution in [-0.2, 0) is 6.42 Å². The van der Waals surface area contributed by atoms with E-state index in [2.05, 4.69) is 29.6 Å². The maximum Gasteiger partial charge on any atom is 0.335 e. The second-order valence-electron chi connectivity index (χ2n) is 9.59. The third-order valence-electron chi connectivity index (χ3n) is 6.76. The van der Waals surface area contributed by atoms with Crippen molar-refractivity contribution in [1.82, 2.24) is 5.32 Å². The molecule has 0 saturated carbocycles. The fraction of sp³-hybridized carbons (Fsp3) is 0.176. The molecule has 0 bridgehead atoms. The van der Waals surface area contributed by atoms with E-state index in [-0.39, 0.29) is 11.5 Å². The number of ether oxygens (including phenoxy) is 2. The van der Waals surface area contributed by atoms with Gasteiger partial charge in [-0.3, -0.25) is 4.79 Å². The van der Waals surface area contributed by atoms with Gasteiger partial charge in [-0.05, 0) is 95.3 Å². The smallest absolute Gasteiger partial charge is 0.335 e. The van der Waals surface area contributed by atoms with E-state index in [1.54, 1.807) is 36.4 Å². The molecule has 0 atom stereocenters. The number of benzene rings is 4. The van der Waals surface area contributed by atoms with Crippen LogP contribution in [0.2, 0.25) is 0 Å². The SMILES string of the molecule is O=C(O)c1ccc(-c2ccc(OCCCCOc3ccc4cccc(CCNC(=O)c5ccco5)c4c3)cc2)cc1. The number of carboxylic acids is 1. The molecular weight excluding hydrogens is 518 g/mol. The van der Waals surface area contributed by atoms with Gasteiger partial charge in [-0.25, -0.2) is 4.79 Å². The Morgan fingerprint density at radius 1 is 0.756 bits per heavy atom. The van der Waals surface area contributed by atoms with Crippen molar-refractivity contribution in [3.8, 4) is 22.6 Å². The van der Waals surface area contributed by atoms with Crippen LogP contribution in [0.3, 0.4) is 0 Å². The first-order valence-electron chi connectivity index (χ1n) is 13.6. The minimum Gasteiger partial charge on any atom is -0.494 e. The van der Waals surface area contributed by atoms with Crippen LogP contribution in [0, 0.1) is 0 Å². The number of rotatable bonds is 13. The molecule has 0 fully saturated rings. The monoisotopic (exact) mass is 549 g/mol. The zero-order chi connectivity index (χ0) is 28.4. The first-order chi connectivity index (χ1) is 20.1. The molecule has 0 unspecified atom stereocenters. The highest BCUT2D eigenvalue weighted by atomic mass is 16.5. The summed E-state index contributed by atoms with van der Waals surface area (Å²) in [6.45, 7) is 1.68. The molecule has 0 radical (unpaired) electrons. The zero-order valence-corrected chi connectivity index (χ0v) is 22.5. The van der Waals surface area contributed by atoms with Crippen molar-refractivity contribution in [3.63, 3.8) is 0 Å². The summed E-state index contributed by atoms with van der Waals surface area (Å²) in [7, 11) is 0. The second kappa shape index (κ2) is 13.3. The molecule has 41 heavy (non-hydrogen) atoms. The fourth-order valence-electron chi connectivity index (χ4n) is 4.56. The van der Waals surface area contributed by atoms with Crippen LogP contribution >= 0.6 is 0 Å². The number of hydrogen-bond donors (Lipinski definition) is 2. The molecule has 0 aliphatic heterocycles. The molecule has 1 amide bonds. The van der Waals surface area contributed by atoms with Crippen LogP contribution < -0.4 is 14.8 Å². The van der Waals surface area contributed by atoms with Crippen LogP contribution in [0.1, 0.15) is 39.3 Å². The second-order valence-corrected chi connectivity index (χ2v) is 9.59. The number of nitrogens with one attached hydrogen (secondary N) is 1. The third-order valence-corrected chi connectivity index (χ3v) is 6.76. The molecule has 1 heterocycles. The summed E-state index contributed by atoms with van der Waals surface area (Å²) < 4.78 is 17.1. The molecule has 0 aliphatic carbocycles. The predicted octanol–water partition coefficient (Wildman–Crippen LogP) is 7.01. The Morgan fingerprint density at radius 2 is 1.44 bits per heavy atom. The lowest BCUT2D eigenvalue weighted by Crippen LogP contribution is -2.25. The Kier molecular flexibility index (Phi) is 8.96. The van der Waals surface area contributed by atoms with Crippen molar-refractivity contribution in [1.29, 1.82) is 0 Å². The van der Waals surface area contributed by atoms with E-state index >= 15 is 0 Å². The van der Waals surface area contributed by atoms with E-state index < -0.39 is 5.97 Å². The molecule has 208 valence electrons. The first-order valence-corrected chi connectivity index (χ1v) is 13.6. The molecule has 0 spiro atoms. The number of aromatic carboxylic acids is 1. The van der Waals surface area contributed by atoms with Gasteiger partial charge in [0.2, 0.25) is 0 Å². The fourth-order valence-corrected chi connectivity index (χ4v) is 4.56. The molecule has 5 rings (SSSR count). The summed E-state index contributed by atoms with van der Waals surface area (Å²) >= 11 is 0. The van der Waals surface area contributed by atoms with Crippen molar-refractivity contribution in [2.45, 2.75) is 19.3 Å². The Bertz CT molecular complexity index is 1590.